The van der Waals surface area contributed by atoms with Gasteiger partial charge in [-0.2, -0.15) is 0 Å². The summed E-state index contributed by atoms with van der Waals surface area (Å²) < 4.78 is 6.31. The maximum absolute atomic E-state index is 12.5. The standard InChI is InChI=1S/C19H19N3O6S.Na/c1-8-13(16(19(26)27)22-15(8)14(9(2)23)17(22)25)11-6-21-7-20-10(18(21)29-11)4-5-12(24)28-3;/h4-9,14-15,23H,1-3H3,(H,26,27);/q;+1/p-1/b5-4+;/t8-,9+,14+,15+;/m0./s1. The van der Waals surface area contributed by atoms with Gasteiger partial charge in [0.2, 0.25) is 5.91 Å². The van der Waals surface area contributed by atoms with Crippen LogP contribution in [0.25, 0.3) is 16.5 Å². The van der Waals surface area contributed by atoms with Crippen molar-refractivity contribution >= 4 is 45.7 Å². The van der Waals surface area contributed by atoms with Crippen LogP contribution in [0, 0.1) is 11.8 Å². The van der Waals surface area contributed by atoms with Gasteiger partial charge in [0.05, 0.1) is 47.4 Å². The molecule has 4 heterocycles. The fourth-order valence-corrected chi connectivity index (χ4v) is 5.35. The Hall–Kier alpha value is -1.98. The Kier molecular flexibility index (Phi) is 6.26. The molecule has 0 unspecified atom stereocenters. The summed E-state index contributed by atoms with van der Waals surface area (Å²) in [5.41, 5.74) is 0.894. The van der Waals surface area contributed by atoms with Crippen LogP contribution in [-0.4, -0.2) is 56.5 Å². The van der Waals surface area contributed by atoms with Crippen LogP contribution in [-0.2, 0) is 19.1 Å². The number of carbonyl (C=O) groups excluding carboxylic acids is 3. The van der Waals surface area contributed by atoms with Gasteiger partial charge in [0.15, 0.2) is 0 Å². The Morgan fingerprint density at radius 2 is 2.13 bits per heavy atom. The minimum absolute atomic E-state index is 0. The summed E-state index contributed by atoms with van der Waals surface area (Å²) >= 11 is 1.30. The molecule has 0 aliphatic carbocycles. The minimum Gasteiger partial charge on any atom is -0.543 e. The summed E-state index contributed by atoms with van der Waals surface area (Å²) in [6.07, 6.45) is 5.21. The number of methoxy groups -OCH3 is 1. The van der Waals surface area contributed by atoms with Gasteiger partial charge in [-0.05, 0) is 13.0 Å². The van der Waals surface area contributed by atoms with Gasteiger partial charge < -0.3 is 24.6 Å². The van der Waals surface area contributed by atoms with E-state index in [9.17, 15) is 24.6 Å². The number of rotatable bonds is 5. The largest absolute Gasteiger partial charge is 1.00 e. The first-order chi connectivity index (χ1) is 13.8. The molecule has 0 saturated carbocycles. The number of aromatic nitrogens is 2. The van der Waals surface area contributed by atoms with E-state index in [2.05, 4.69) is 9.72 Å². The van der Waals surface area contributed by atoms with Crippen molar-refractivity contribution in [3.63, 3.8) is 0 Å². The van der Waals surface area contributed by atoms with Crippen LogP contribution in [0.5, 0.6) is 0 Å². The number of carbonyl (C=O) groups is 3. The number of amides is 1. The zero-order chi connectivity index (χ0) is 21.0. The number of carboxylic acid groups (broad SMARTS) is 1. The molecule has 9 nitrogen and oxygen atoms in total. The van der Waals surface area contributed by atoms with E-state index in [1.807, 2.05) is 6.92 Å². The van der Waals surface area contributed by atoms with Crippen LogP contribution >= 0.6 is 11.3 Å². The summed E-state index contributed by atoms with van der Waals surface area (Å²) in [5.74, 6) is -3.26. The van der Waals surface area contributed by atoms with E-state index in [-0.39, 0.29) is 41.2 Å². The van der Waals surface area contributed by atoms with Gasteiger partial charge >= 0.3 is 35.5 Å². The maximum atomic E-state index is 12.5. The zero-order valence-electron chi connectivity index (χ0n) is 16.9. The Balaban J connectivity index is 0.00000256. The van der Waals surface area contributed by atoms with Crippen molar-refractivity contribution in [1.82, 2.24) is 14.3 Å². The van der Waals surface area contributed by atoms with Crippen molar-refractivity contribution in [1.29, 1.82) is 0 Å². The molecule has 1 N–H and O–H groups in total. The first kappa shape index (κ1) is 22.7. The molecule has 2 aliphatic heterocycles. The number of aliphatic hydroxyl groups is 1. The molecule has 2 aromatic rings. The second-order valence-corrected chi connectivity index (χ2v) is 8.13. The topological polar surface area (TPSA) is 124 Å². The molecule has 4 atom stereocenters. The first-order valence-corrected chi connectivity index (χ1v) is 9.77. The number of carboxylic acids is 1. The number of imidazole rings is 1. The SMILES string of the molecule is COC(=O)/C=C/c1ncn2cc(C3=C(C(=O)[O-])N4C(=O)[C@H]([C@@H](C)O)[C@H]4[C@H]3C)sc12.[Na+]. The third-order valence-corrected chi connectivity index (χ3v) is 6.61. The summed E-state index contributed by atoms with van der Waals surface area (Å²) in [7, 11) is 1.28. The molecule has 2 aliphatic rings. The van der Waals surface area contributed by atoms with Crippen LogP contribution in [0.15, 0.2) is 24.3 Å². The van der Waals surface area contributed by atoms with Crippen molar-refractivity contribution in [2.24, 2.45) is 11.8 Å². The first-order valence-electron chi connectivity index (χ1n) is 8.95. The molecule has 0 aromatic carbocycles. The average molecular weight is 439 g/mol. The van der Waals surface area contributed by atoms with Crippen molar-refractivity contribution in [3.05, 3.63) is 34.9 Å². The predicted molar refractivity (Wildman–Crippen MR) is 101 cm³/mol. The smallest absolute Gasteiger partial charge is 0.543 e. The summed E-state index contributed by atoms with van der Waals surface area (Å²) in [6, 6.07) is -0.413. The van der Waals surface area contributed by atoms with Gasteiger partial charge in [-0.25, -0.2) is 9.78 Å². The second kappa shape index (κ2) is 8.27. The molecule has 2 aromatic heterocycles. The normalized spacial score (nSPS) is 24.1. The van der Waals surface area contributed by atoms with Crippen molar-refractivity contribution < 1.29 is 58.9 Å². The Labute approximate surface area is 197 Å². The molecule has 4 rings (SSSR count). The van der Waals surface area contributed by atoms with Gasteiger partial charge in [0.25, 0.3) is 0 Å². The number of aliphatic hydroxyl groups excluding tert-OH is 1. The van der Waals surface area contributed by atoms with Crippen molar-refractivity contribution in [2.45, 2.75) is 26.0 Å². The number of aliphatic carboxylic acids is 1. The van der Waals surface area contributed by atoms with Crippen LogP contribution < -0.4 is 34.7 Å². The number of nitrogens with zero attached hydrogens (tertiary/aromatic N) is 3. The van der Waals surface area contributed by atoms with Gasteiger partial charge in [0.1, 0.15) is 11.2 Å². The zero-order valence-corrected chi connectivity index (χ0v) is 19.7. The van der Waals surface area contributed by atoms with Gasteiger partial charge in [0, 0.05) is 23.8 Å². The molecular weight excluding hydrogens is 421 g/mol. The number of β-lactam (4-membered cyclic amide) rings is 1. The summed E-state index contributed by atoms with van der Waals surface area (Å²) in [6.45, 7) is 3.38. The van der Waals surface area contributed by atoms with E-state index in [1.165, 1.54) is 42.4 Å². The van der Waals surface area contributed by atoms with Gasteiger partial charge in [-0.1, -0.05) is 6.92 Å². The van der Waals surface area contributed by atoms with E-state index < -0.39 is 35.9 Å². The number of hydrogen-bond acceptors (Lipinski definition) is 8. The molecule has 152 valence electrons. The van der Waals surface area contributed by atoms with E-state index in [4.69, 9.17) is 0 Å². The molecule has 11 heteroatoms. The van der Waals surface area contributed by atoms with Crippen molar-refractivity contribution in [2.75, 3.05) is 7.11 Å². The molecule has 1 fully saturated rings. The number of hydrogen-bond donors (Lipinski definition) is 1. The third kappa shape index (κ3) is 3.32. The number of fused-ring (bicyclic) bond motifs is 2. The van der Waals surface area contributed by atoms with Crippen LogP contribution in [0.3, 0.4) is 0 Å². The molecular formula is C19H18N3NaO6S. The van der Waals surface area contributed by atoms with Crippen LogP contribution in [0.4, 0.5) is 0 Å². The summed E-state index contributed by atoms with van der Waals surface area (Å²) in [4.78, 5) is 42.5. The Bertz CT molecular complexity index is 1100. The number of ether oxygens (including phenoxy) is 1. The quantitative estimate of drug-likeness (QED) is 0.227. The van der Waals surface area contributed by atoms with E-state index in [1.54, 1.807) is 16.9 Å². The second-order valence-electron chi connectivity index (χ2n) is 7.10. The van der Waals surface area contributed by atoms with Gasteiger partial charge in [-0.3, -0.25) is 9.20 Å². The van der Waals surface area contributed by atoms with E-state index in [0.29, 0.717) is 21.0 Å². The van der Waals surface area contributed by atoms with Crippen LogP contribution in [0.2, 0.25) is 0 Å². The molecule has 0 bridgehead atoms. The van der Waals surface area contributed by atoms with Crippen molar-refractivity contribution in [3.8, 4) is 0 Å². The van der Waals surface area contributed by atoms with Crippen LogP contribution in [0.1, 0.15) is 24.4 Å². The molecule has 1 amide bonds. The molecule has 1 saturated heterocycles. The monoisotopic (exact) mass is 439 g/mol. The Morgan fingerprint density at radius 1 is 1.43 bits per heavy atom. The summed E-state index contributed by atoms with van der Waals surface area (Å²) in [5, 5.41) is 21.8. The third-order valence-electron chi connectivity index (χ3n) is 5.45. The van der Waals surface area contributed by atoms with E-state index in [0.717, 1.165) is 0 Å². The molecule has 30 heavy (non-hydrogen) atoms. The van der Waals surface area contributed by atoms with Gasteiger partial charge in [-0.15, -0.1) is 11.3 Å². The molecule has 0 spiro atoms. The average Bonchev–Trinajstić information content (AvgIpc) is 3.29. The maximum Gasteiger partial charge on any atom is 1.00 e. The number of esters is 1. The van der Waals surface area contributed by atoms with E-state index >= 15 is 0 Å². The number of thiazole rings is 1. The minimum atomic E-state index is -1.42. The predicted octanol–water partition coefficient (Wildman–Crippen LogP) is -3.10. The fourth-order valence-electron chi connectivity index (χ4n) is 4.16. The Morgan fingerprint density at radius 3 is 2.73 bits per heavy atom. The molecule has 0 radical (unpaired) electrons. The fraction of sp³-hybridized carbons (Fsp3) is 0.368.